The number of hydrogen-bond acceptors (Lipinski definition) is 7. The van der Waals surface area contributed by atoms with Crippen LogP contribution in [-0.2, 0) is 20.3 Å². The van der Waals surface area contributed by atoms with Crippen LogP contribution in [0.4, 0.5) is 0 Å². The Morgan fingerprint density at radius 3 is 2.78 bits per heavy atom. The zero-order valence-electron chi connectivity index (χ0n) is 12.1. The van der Waals surface area contributed by atoms with E-state index in [9.17, 15) is 13.2 Å². The minimum Gasteiger partial charge on any atom is -0.465 e. The molecule has 0 N–H and O–H groups in total. The third kappa shape index (κ3) is 3.08. The van der Waals surface area contributed by atoms with Crippen molar-refractivity contribution in [3.63, 3.8) is 0 Å². The van der Waals surface area contributed by atoms with Crippen LogP contribution in [0.3, 0.4) is 0 Å². The van der Waals surface area contributed by atoms with Crippen molar-refractivity contribution in [2.45, 2.75) is 10.6 Å². The van der Waals surface area contributed by atoms with Gasteiger partial charge in [0.05, 0.1) is 17.6 Å². The van der Waals surface area contributed by atoms with Crippen molar-refractivity contribution < 1.29 is 17.9 Å². The average molecular weight is 348 g/mol. The van der Waals surface area contributed by atoms with Gasteiger partial charge in [-0.1, -0.05) is 18.2 Å². The van der Waals surface area contributed by atoms with Gasteiger partial charge in [-0.05, 0) is 40.5 Å². The minimum atomic E-state index is -3.52. The van der Waals surface area contributed by atoms with Gasteiger partial charge < -0.3 is 4.74 Å². The molecule has 0 unspecified atom stereocenters. The number of methoxy groups -OCH3 is 1. The number of hydrogen-bond donors (Lipinski definition) is 0. The highest BCUT2D eigenvalue weighted by Gasteiger charge is 2.19. The largest absolute Gasteiger partial charge is 0.465 e. The molecule has 0 spiro atoms. The van der Waals surface area contributed by atoms with Crippen molar-refractivity contribution in [3.8, 4) is 0 Å². The van der Waals surface area contributed by atoms with Crippen LogP contribution in [0.5, 0.6) is 0 Å². The van der Waals surface area contributed by atoms with Crippen LogP contribution in [0.2, 0.25) is 0 Å². The second-order valence-corrected chi connectivity index (χ2v) is 7.63. The van der Waals surface area contributed by atoms with Gasteiger partial charge in [-0.3, -0.25) is 0 Å². The number of rotatable bonds is 4. The van der Waals surface area contributed by atoms with E-state index < -0.39 is 15.8 Å². The van der Waals surface area contributed by atoms with Crippen LogP contribution in [-0.4, -0.2) is 30.9 Å². The lowest BCUT2D eigenvalue weighted by Crippen LogP contribution is -2.05. The van der Waals surface area contributed by atoms with Gasteiger partial charge in [-0.15, -0.1) is 0 Å². The van der Waals surface area contributed by atoms with Gasteiger partial charge >= 0.3 is 5.97 Å². The van der Waals surface area contributed by atoms with Gasteiger partial charge in [0.1, 0.15) is 17.1 Å². The summed E-state index contributed by atoms with van der Waals surface area (Å²) in [7, 11) is -2.21. The molecule has 118 valence electrons. The van der Waals surface area contributed by atoms with Crippen molar-refractivity contribution in [1.29, 1.82) is 0 Å². The van der Waals surface area contributed by atoms with Crippen LogP contribution in [0, 0.1) is 0 Å². The van der Waals surface area contributed by atoms with Gasteiger partial charge in [0.15, 0.2) is 9.84 Å². The van der Waals surface area contributed by atoms with Crippen LogP contribution < -0.4 is 0 Å². The first-order valence-corrected chi connectivity index (χ1v) is 9.03. The zero-order valence-corrected chi connectivity index (χ0v) is 13.7. The van der Waals surface area contributed by atoms with Gasteiger partial charge in [0.25, 0.3) is 0 Å². The van der Waals surface area contributed by atoms with E-state index in [1.165, 1.54) is 19.5 Å². The lowest BCUT2D eigenvalue weighted by Gasteiger charge is -2.07. The third-order valence-corrected chi connectivity index (χ3v) is 5.81. The molecule has 23 heavy (non-hydrogen) atoms. The number of benzene rings is 2. The molecule has 0 saturated carbocycles. The Morgan fingerprint density at radius 1 is 1.26 bits per heavy atom. The highest BCUT2D eigenvalue weighted by atomic mass is 32.2. The highest BCUT2D eigenvalue weighted by molar-refractivity contribution is 7.90. The maximum Gasteiger partial charge on any atom is 0.338 e. The monoisotopic (exact) mass is 348 g/mol. The van der Waals surface area contributed by atoms with Crippen molar-refractivity contribution in [1.82, 2.24) is 9.36 Å². The fourth-order valence-electron chi connectivity index (χ4n) is 2.25. The highest BCUT2D eigenvalue weighted by Crippen LogP contribution is 2.25. The van der Waals surface area contributed by atoms with E-state index in [1.54, 1.807) is 30.3 Å². The van der Waals surface area contributed by atoms with E-state index in [2.05, 4.69) is 9.36 Å². The molecule has 0 aliphatic carbocycles. The Labute approximate surface area is 136 Å². The Hall–Kier alpha value is -2.32. The molecule has 2 aromatic carbocycles. The fraction of sp³-hybridized carbons (Fsp3) is 0.133. The smallest absolute Gasteiger partial charge is 0.338 e. The van der Waals surface area contributed by atoms with Crippen LogP contribution in [0.25, 0.3) is 10.8 Å². The summed E-state index contributed by atoms with van der Waals surface area (Å²) < 4.78 is 33.5. The second kappa shape index (κ2) is 6.05. The average Bonchev–Trinajstić information content (AvgIpc) is 3.05. The number of aromatic nitrogens is 2. The molecule has 0 aliphatic heterocycles. The van der Waals surface area contributed by atoms with E-state index >= 15 is 0 Å². The van der Waals surface area contributed by atoms with Crippen molar-refractivity contribution in [2.24, 2.45) is 0 Å². The molecular weight excluding hydrogens is 336 g/mol. The molecule has 0 bridgehead atoms. The number of carbonyl (C=O) groups excluding carboxylic acids is 1. The summed E-state index contributed by atoms with van der Waals surface area (Å²) in [5, 5.41) is 1.74. The molecule has 0 fully saturated rings. The van der Waals surface area contributed by atoms with E-state index in [4.69, 9.17) is 4.74 Å². The SMILES string of the molecule is COC(=O)c1cccc2cc(S(=O)(=O)Cc3ncns3)ccc12. The van der Waals surface area contributed by atoms with Gasteiger partial charge in [-0.25, -0.2) is 18.2 Å². The van der Waals surface area contributed by atoms with Crippen molar-refractivity contribution >= 4 is 38.1 Å². The summed E-state index contributed by atoms with van der Waals surface area (Å²) in [6, 6.07) is 9.75. The number of sulfone groups is 1. The summed E-state index contributed by atoms with van der Waals surface area (Å²) in [5.74, 6) is -0.653. The summed E-state index contributed by atoms with van der Waals surface area (Å²) in [4.78, 5) is 15.9. The van der Waals surface area contributed by atoms with Gasteiger partial charge in [0, 0.05) is 0 Å². The third-order valence-electron chi connectivity index (χ3n) is 3.34. The Bertz CT molecular complexity index is 966. The van der Waals surface area contributed by atoms with E-state index in [0.29, 0.717) is 21.3 Å². The topological polar surface area (TPSA) is 86.2 Å². The van der Waals surface area contributed by atoms with Gasteiger partial charge in [-0.2, -0.15) is 4.37 Å². The molecule has 1 heterocycles. The maximum absolute atomic E-state index is 12.5. The van der Waals surface area contributed by atoms with Gasteiger partial charge in [0.2, 0.25) is 0 Å². The lowest BCUT2D eigenvalue weighted by atomic mass is 10.0. The second-order valence-electron chi connectivity index (χ2n) is 4.77. The molecule has 0 radical (unpaired) electrons. The maximum atomic E-state index is 12.5. The first-order chi connectivity index (χ1) is 11.0. The van der Waals surface area contributed by atoms with Crippen LogP contribution >= 0.6 is 11.5 Å². The molecule has 1 aromatic heterocycles. The van der Waals surface area contributed by atoms with E-state index in [0.717, 1.165) is 11.5 Å². The standard InChI is InChI=1S/C15H12N2O4S2/c1-21-15(18)13-4-2-3-10-7-11(5-6-12(10)13)23(19,20)8-14-16-9-17-22-14/h2-7,9H,8H2,1H3. The van der Waals surface area contributed by atoms with Crippen molar-refractivity contribution in [2.75, 3.05) is 7.11 Å². The van der Waals surface area contributed by atoms with E-state index in [1.807, 2.05) is 0 Å². The zero-order chi connectivity index (χ0) is 16.4. The number of esters is 1. The number of ether oxygens (including phenoxy) is 1. The molecule has 0 aliphatic rings. The number of fused-ring (bicyclic) bond motifs is 1. The first kappa shape index (κ1) is 15.6. The molecule has 3 aromatic rings. The van der Waals surface area contributed by atoms with Crippen molar-refractivity contribution in [3.05, 3.63) is 53.3 Å². The summed E-state index contributed by atoms with van der Waals surface area (Å²) in [5.41, 5.74) is 0.401. The quantitative estimate of drug-likeness (QED) is 0.673. The predicted molar refractivity (Wildman–Crippen MR) is 86.1 cm³/mol. The fourth-order valence-corrected chi connectivity index (χ4v) is 4.38. The molecule has 3 rings (SSSR count). The normalized spacial score (nSPS) is 11.5. The lowest BCUT2D eigenvalue weighted by molar-refractivity contribution is 0.0603. The molecule has 0 saturated heterocycles. The molecule has 0 atom stereocenters. The summed E-state index contributed by atoms with van der Waals surface area (Å²) >= 11 is 1.06. The number of nitrogens with zero attached hydrogens (tertiary/aromatic N) is 2. The Balaban J connectivity index is 2.05. The molecule has 6 nitrogen and oxygen atoms in total. The summed E-state index contributed by atoms with van der Waals surface area (Å²) in [6.45, 7) is 0. The minimum absolute atomic E-state index is 0.183. The Morgan fingerprint density at radius 2 is 2.09 bits per heavy atom. The first-order valence-electron chi connectivity index (χ1n) is 6.60. The summed E-state index contributed by atoms with van der Waals surface area (Å²) in [6.07, 6.45) is 1.33. The van der Waals surface area contributed by atoms with Crippen LogP contribution in [0.1, 0.15) is 15.4 Å². The molecule has 0 amide bonds. The van der Waals surface area contributed by atoms with Crippen LogP contribution in [0.15, 0.2) is 47.6 Å². The number of carbonyl (C=O) groups is 1. The predicted octanol–water partition coefficient (Wildman–Crippen LogP) is 2.45. The Kier molecular flexibility index (Phi) is 4.10. The molecular formula is C15H12N2O4S2. The molecule has 8 heteroatoms. The van der Waals surface area contributed by atoms with E-state index in [-0.39, 0.29) is 10.6 Å².